The first kappa shape index (κ1) is 6.62. The minimum atomic E-state index is -0.00579. The molecule has 0 amide bonds. The van der Waals surface area contributed by atoms with E-state index in [1.807, 2.05) is 0 Å². The fourth-order valence-corrected chi connectivity index (χ4v) is 2.32. The summed E-state index contributed by atoms with van der Waals surface area (Å²) < 4.78 is 0. The lowest BCUT2D eigenvalue weighted by atomic mass is 9.80. The van der Waals surface area contributed by atoms with Crippen LogP contribution < -0.4 is 5.32 Å². The Morgan fingerprint density at radius 1 is 1.20 bits per heavy atom. The molecular formula is C8H15NO. The molecule has 0 bridgehead atoms. The van der Waals surface area contributed by atoms with Crippen molar-refractivity contribution in [3.8, 4) is 0 Å². The molecule has 1 unspecified atom stereocenters. The topological polar surface area (TPSA) is 32.3 Å². The van der Waals surface area contributed by atoms with E-state index in [1.54, 1.807) is 0 Å². The molecule has 3 atom stereocenters. The van der Waals surface area contributed by atoms with Crippen LogP contribution in [0, 0.1) is 11.8 Å². The number of fused-ring (bicyclic) bond motifs is 1. The van der Waals surface area contributed by atoms with E-state index < -0.39 is 0 Å². The van der Waals surface area contributed by atoms with Gasteiger partial charge in [0.05, 0.1) is 6.10 Å². The molecule has 0 spiro atoms. The zero-order chi connectivity index (χ0) is 6.97. The smallest absolute Gasteiger partial charge is 0.0583 e. The first-order valence-electron chi connectivity index (χ1n) is 4.26. The van der Waals surface area contributed by atoms with Gasteiger partial charge in [0.2, 0.25) is 0 Å². The zero-order valence-corrected chi connectivity index (χ0v) is 6.21. The van der Waals surface area contributed by atoms with Gasteiger partial charge in [-0.2, -0.15) is 0 Å². The fourth-order valence-electron chi connectivity index (χ4n) is 2.32. The van der Waals surface area contributed by atoms with Gasteiger partial charge in [-0.25, -0.2) is 0 Å². The van der Waals surface area contributed by atoms with Gasteiger partial charge in [-0.15, -0.1) is 0 Å². The van der Waals surface area contributed by atoms with E-state index in [-0.39, 0.29) is 6.10 Å². The van der Waals surface area contributed by atoms with Crippen LogP contribution in [0.4, 0.5) is 0 Å². The van der Waals surface area contributed by atoms with Crippen molar-refractivity contribution in [2.45, 2.75) is 25.4 Å². The zero-order valence-electron chi connectivity index (χ0n) is 6.21. The summed E-state index contributed by atoms with van der Waals surface area (Å²) in [6.07, 6.45) is 3.58. The summed E-state index contributed by atoms with van der Waals surface area (Å²) in [4.78, 5) is 0. The Hall–Kier alpha value is -0.0800. The van der Waals surface area contributed by atoms with Gasteiger partial charge in [-0.05, 0) is 25.3 Å². The highest BCUT2D eigenvalue weighted by Gasteiger charge is 2.35. The predicted octanol–water partition coefficient (Wildman–Crippen LogP) is 0.367. The average Bonchev–Trinajstić information content (AvgIpc) is 2.36. The second kappa shape index (κ2) is 2.51. The van der Waals surface area contributed by atoms with Gasteiger partial charge < -0.3 is 10.4 Å². The summed E-state index contributed by atoms with van der Waals surface area (Å²) >= 11 is 0. The number of hydrogen-bond acceptors (Lipinski definition) is 2. The molecule has 1 saturated carbocycles. The van der Waals surface area contributed by atoms with Crippen molar-refractivity contribution in [3.63, 3.8) is 0 Å². The van der Waals surface area contributed by atoms with Crippen molar-refractivity contribution in [2.75, 3.05) is 13.1 Å². The van der Waals surface area contributed by atoms with Crippen LogP contribution in [0.2, 0.25) is 0 Å². The van der Waals surface area contributed by atoms with E-state index in [1.165, 1.54) is 12.8 Å². The molecule has 58 valence electrons. The van der Waals surface area contributed by atoms with Crippen molar-refractivity contribution in [1.82, 2.24) is 5.32 Å². The van der Waals surface area contributed by atoms with Crippen LogP contribution in [0.25, 0.3) is 0 Å². The van der Waals surface area contributed by atoms with Crippen LogP contribution in [0.1, 0.15) is 19.3 Å². The lowest BCUT2D eigenvalue weighted by Gasteiger charge is -2.28. The maximum atomic E-state index is 9.54. The molecule has 2 heteroatoms. The Balaban J connectivity index is 2.03. The third-order valence-electron chi connectivity index (χ3n) is 2.96. The maximum absolute atomic E-state index is 9.54. The Morgan fingerprint density at radius 2 is 2.10 bits per heavy atom. The summed E-state index contributed by atoms with van der Waals surface area (Å²) in [5.41, 5.74) is 0. The lowest BCUT2D eigenvalue weighted by Crippen LogP contribution is -2.31. The molecule has 10 heavy (non-hydrogen) atoms. The first-order valence-corrected chi connectivity index (χ1v) is 4.26. The van der Waals surface area contributed by atoms with Crippen molar-refractivity contribution >= 4 is 0 Å². The summed E-state index contributed by atoms with van der Waals surface area (Å²) in [6, 6.07) is 0. The van der Waals surface area contributed by atoms with E-state index in [0.29, 0.717) is 5.92 Å². The highest BCUT2D eigenvalue weighted by molar-refractivity contribution is 4.89. The van der Waals surface area contributed by atoms with Crippen LogP contribution >= 0.6 is 0 Å². The minimum absolute atomic E-state index is 0.00579. The molecule has 2 aliphatic rings. The molecule has 2 nitrogen and oxygen atoms in total. The van der Waals surface area contributed by atoms with Gasteiger partial charge >= 0.3 is 0 Å². The third-order valence-corrected chi connectivity index (χ3v) is 2.96. The number of rotatable bonds is 0. The fraction of sp³-hybridized carbons (Fsp3) is 1.00. The van der Waals surface area contributed by atoms with Crippen LogP contribution in [0.15, 0.2) is 0 Å². The van der Waals surface area contributed by atoms with Gasteiger partial charge in [-0.1, -0.05) is 6.42 Å². The minimum Gasteiger partial charge on any atom is -0.393 e. The molecule has 0 radical (unpaired) electrons. The molecule has 2 fully saturated rings. The molecule has 1 saturated heterocycles. The molecule has 0 aromatic rings. The Labute approximate surface area is 61.6 Å². The summed E-state index contributed by atoms with van der Waals surface area (Å²) in [5.74, 6) is 1.36. The van der Waals surface area contributed by atoms with Crippen LogP contribution in [-0.4, -0.2) is 24.3 Å². The van der Waals surface area contributed by atoms with Crippen LogP contribution in [-0.2, 0) is 0 Å². The molecule has 0 aromatic heterocycles. The van der Waals surface area contributed by atoms with E-state index in [2.05, 4.69) is 5.32 Å². The lowest BCUT2D eigenvalue weighted by molar-refractivity contribution is 0.0563. The molecule has 2 N–H and O–H groups in total. The number of nitrogens with one attached hydrogen (secondary N) is 1. The standard InChI is InChI=1S/C8H15NO/c10-8-3-1-2-6-4-9-5-7(6)8/h6-10H,1-5H2/t6-,7?,8-/m1/s1. The SMILES string of the molecule is O[C@@H]1CCC[C@@H]2CNCC21. The maximum Gasteiger partial charge on any atom is 0.0583 e. The van der Waals surface area contributed by atoms with Gasteiger partial charge in [-0.3, -0.25) is 0 Å². The number of aliphatic hydroxyl groups is 1. The Bertz CT molecular complexity index is 126. The Kier molecular flexibility index (Phi) is 1.66. The van der Waals surface area contributed by atoms with Gasteiger partial charge in [0.15, 0.2) is 0 Å². The van der Waals surface area contributed by atoms with Gasteiger partial charge in [0.1, 0.15) is 0 Å². The molecule has 0 aromatic carbocycles. The third kappa shape index (κ3) is 0.956. The van der Waals surface area contributed by atoms with Gasteiger partial charge in [0.25, 0.3) is 0 Å². The Morgan fingerprint density at radius 3 is 2.90 bits per heavy atom. The van der Waals surface area contributed by atoms with Crippen LogP contribution in [0.5, 0.6) is 0 Å². The number of aliphatic hydroxyl groups excluding tert-OH is 1. The average molecular weight is 141 g/mol. The molecule has 1 heterocycles. The second-order valence-corrected chi connectivity index (χ2v) is 3.58. The summed E-state index contributed by atoms with van der Waals surface area (Å²) in [7, 11) is 0. The monoisotopic (exact) mass is 141 g/mol. The molecule has 1 aliphatic carbocycles. The van der Waals surface area contributed by atoms with Crippen molar-refractivity contribution in [1.29, 1.82) is 0 Å². The molecule has 2 rings (SSSR count). The summed E-state index contributed by atoms with van der Waals surface area (Å²) in [5, 5.41) is 12.9. The van der Waals surface area contributed by atoms with Crippen molar-refractivity contribution in [2.24, 2.45) is 11.8 Å². The molecule has 1 aliphatic heterocycles. The van der Waals surface area contributed by atoms with Gasteiger partial charge in [0, 0.05) is 12.5 Å². The van der Waals surface area contributed by atoms with Crippen LogP contribution in [0.3, 0.4) is 0 Å². The van der Waals surface area contributed by atoms with Crippen molar-refractivity contribution < 1.29 is 5.11 Å². The predicted molar refractivity (Wildman–Crippen MR) is 39.7 cm³/mol. The van der Waals surface area contributed by atoms with Crippen molar-refractivity contribution in [3.05, 3.63) is 0 Å². The second-order valence-electron chi connectivity index (χ2n) is 3.58. The van der Waals surface area contributed by atoms with E-state index in [9.17, 15) is 5.11 Å². The van der Waals surface area contributed by atoms with E-state index >= 15 is 0 Å². The van der Waals surface area contributed by atoms with E-state index in [0.717, 1.165) is 25.4 Å². The normalized spacial score (nSPS) is 47.1. The number of hydrogen-bond donors (Lipinski definition) is 2. The quantitative estimate of drug-likeness (QED) is 0.510. The molecular weight excluding hydrogens is 126 g/mol. The largest absolute Gasteiger partial charge is 0.393 e. The first-order chi connectivity index (χ1) is 4.88. The van der Waals surface area contributed by atoms with E-state index in [4.69, 9.17) is 0 Å². The highest BCUT2D eigenvalue weighted by Crippen LogP contribution is 2.32. The highest BCUT2D eigenvalue weighted by atomic mass is 16.3. The summed E-state index contributed by atoms with van der Waals surface area (Å²) in [6.45, 7) is 2.19.